The van der Waals surface area contributed by atoms with E-state index in [-0.39, 0.29) is 5.82 Å². The SMILES string of the molecule is Fc1ccc(COc2ccc3ccccc3c2CNc2ccccn2)cc1. The molecule has 1 aromatic heterocycles. The van der Waals surface area contributed by atoms with Crippen molar-refractivity contribution in [3.63, 3.8) is 0 Å². The number of aromatic nitrogens is 1. The van der Waals surface area contributed by atoms with Gasteiger partial charge in [-0.3, -0.25) is 0 Å². The highest BCUT2D eigenvalue weighted by Crippen LogP contribution is 2.29. The first-order chi connectivity index (χ1) is 13.3. The van der Waals surface area contributed by atoms with Crippen LogP contribution in [-0.4, -0.2) is 4.98 Å². The smallest absolute Gasteiger partial charge is 0.126 e. The third kappa shape index (κ3) is 4.06. The lowest BCUT2D eigenvalue weighted by Crippen LogP contribution is -2.05. The first kappa shape index (κ1) is 17.0. The van der Waals surface area contributed by atoms with Gasteiger partial charge in [0.25, 0.3) is 0 Å². The summed E-state index contributed by atoms with van der Waals surface area (Å²) in [6.45, 7) is 0.978. The normalized spacial score (nSPS) is 10.7. The standard InChI is InChI=1S/C23H19FN2O/c24-19-11-8-17(9-12-19)16-27-22-13-10-18-5-1-2-6-20(18)21(22)15-26-23-7-3-4-14-25-23/h1-14H,15-16H2,(H,25,26). The Morgan fingerprint density at radius 3 is 2.48 bits per heavy atom. The number of rotatable bonds is 6. The second-order valence-corrected chi connectivity index (χ2v) is 6.25. The van der Waals surface area contributed by atoms with Crippen LogP contribution in [0, 0.1) is 5.82 Å². The number of benzene rings is 3. The van der Waals surface area contributed by atoms with Crippen molar-refractivity contribution in [3.05, 3.63) is 102 Å². The first-order valence-corrected chi connectivity index (χ1v) is 8.82. The molecule has 4 aromatic rings. The van der Waals surface area contributed by atoms with Crippen molar-refractivity contribution < 1.29 is 9.13 Å². The summed E-state index contributed by atoms with van der Waals surface area (Å²) < 4.78 is 19.2. The number of fused-ring (bicyclic) bond motifs is 1. The number of hydrogen-bond acceptors (Lipinski definition) is 3. The Morgan fingerprint density at radius 2 is 1.67 bits per heavy atom. The third-order valence-electron chi connectivity index (χ3n) is 4.42. The van der Waals surface area contributed by atoms with E-state index in [0.29, 0.717) is 13.2 Å². The molecular weight excluding hydrogens is 339 g/mol. The number of ether oxygens (including phenoxy) is 1. The second-order valence-electron chi connectivity index (χ2n) is 6.25. The van der Waals surface area contributed by atoms with Crippen LogP contribution >= 0.6 is 0 Å². The van der Waals surface area contributed by atoms with Gasteiger partial charge in [0.1, 0.15) is 24.0 Å². The van der Waals surface area contributed by atoms with E-state index in [1.165, 1.54) is 12.1 Å². The summed E-state index contributed by atoms with van der Waals surface area (Å²) in [6, 6.07) is 24.4. The van der Waals surface area contributed by atoms with E-state index in [0.717, 1.165) is 33.5 Å². The van der Waals surface area contributed by atoms with Gasteiger partial charge in [0.05, 0.1) is 0 Å². The Labute approximate surface area is 157 Å². The van der Waals surface area contributed by atoms with Gasteiger partial charge < -0.3 is 10.1 Å². The van der Waals surface area contributed by atoms with Crippen molar-refractivity contribution in [2.75, 3.05) is 5.32 Å². The molecule has 0 radical (unpaired) electrons. The maximum atomic E-state index is 13.1. The van der Waals surface area contributed by atoms with Crippen LogP contribution in [0.15, 0.2) is 85.1 Å². The maximum Gasteiger partial charge on any atom is 0.126 e. The van der Waals surface area contributed by atoms with Crippen LogP contribution < -0.4 is 10.1 Å². The largest absolute Gasteiger partial charge is 0.489 e. The summed E-state index contributed by atoms with van der Waals surface area (Å²) in [7, 11) is 0. The average Bonchev–Trinajstić information content (AvgIpc) is 2.73. The molecule has 0 bridgehead atoms. The fourth-order valence-corrected chi connectivity index (χ4v) is 3.02. The summed E-state index contributed by atoms with van der Waals surface area (Å²) in [5, 5.41) is 5.65. The maximum absolute atomic E-state index is 13.1. The first-order valence-electron chi connectivity index (χ1n) is 8.82. The molecule has 0 aliphatic heterocycles. The molecule has 4 rings (SSSR count). The van der Waals surface area contributed by atoms with Crippen molar-refractivity contribution in [1.82, 2.24) is 4.98 Å². The van der Waals surface area contributed by atoms with Crippen molar-refractivity contribution >= 4 is 16.6 Å². The summed E-state index contributed by atoms with van der Waals surface area (Å²) in [4.78, 5) is 4.32. The van der Waals surface area contributed by atoms with E-state index in [2.05, 4.69) is 28.5 Å². The van der Waals surface area contributed by atoms with Crippen LogP contribution in [0.25, 0.3) is 10.8 Å². The van der Waals surface area contributed by atoms with E-state index >= 15 is 0 Å². The fraction of sp³-hybridized carbons (Fsp3) is 0.0870. The lowest BCUT2D eigenvalue weighted by Gasteiger charge is -2.15. The molecule has 0 aliphatic carbocycles. The number of hydrogen-bond donors (Lipinski definition) is 1. The van der Waals surface area contributed by atoms with Gasteiger partial charge >= 0.3 is 0 Å². The highest BCUT2D eigenvalue weighted by Gasteiger charge is 2.10. The second kappa shape index (κ2) is 7.87. The molecule has 0 aliphatic rings. The molecule has 1 heterocycles. The van der Waals surface area contributed by atoms with Crippen LogP contribution in [0.1, 0.15) is 11.1 Å². The quantitative estimate of drug-likeness (QED) is 0.490. The molecule has 0 atom stereocenters. The van der Waals surface area contributed by atoms with Gasteiger partial charge in [-0.05, 0) is 46.7 Å². The molecule has 0 saturated carbocycles. The molecule has 3 aromatic carbocycles. The minimum Gasteiger partial charge on any atom is -0.489 e. The molecule has 4 heteroatoms. The zero-order valence-corrected chi connectivity index (χ0v) is 14.7. The highest BCUT2D eigenvalue weighted by atomic mass is 19.1. The number of pyridine rings is 1. The molecule has 3 nitrogen and oxygen atoms in total. The third-order valence-corrected chi connectivity index (χ3v) is 4.42. The highest BCUT2D eigenvalue weighted by molar-refractivity contribution is 5.88. The summed E-state index contributed by atoms with van der Waals surface area (Å²) in [6.07, 6.45) is 1.76. The predicted octanol–water partition coefficient (Wildman–Crippen LogP) is 5.57. The Morgan fingerprint density at radius 1 is 0.852 bits per heavy atom. The molecule has 0 unspecified atom stereocenters. The van der Waals surface area contributed by atoms with Gasteiger partial charge in [0.15, 0.2) is 0 Å². The molecule has 0 spiro atoms. The van der Waals surface area contributed by atoms with Crippen LogP contribution in [0.3, 0.4) is 0 Å². The van der Waals surface area contributed by atoms with Crippen molar-refractivity contribution in [3.8, 4) is 5.75 Å². The molecule has 27 heavy (non-hydrogen) atoms. The van der Waals surface area contributed by atoms with Crippen molar-refractivity contribution in [1.29, 1.82) is 0 Å². The minimum absolute atomic E-state index is 0.246. The van der Waals surface area contributed by atoms with Crippen LogP contribution in [-0.2, 0) is 13.2 Å². The monoisotopic (exact) mass is 358 g/mol. The fourth-order valence-electron chi connectivity index (χ4n) is 3.02. The number of nitrogens with zero attached hydrogens (tertiary/aromatic N) is 1. The van der Waals surface area contributed by atoms with Crippen molar-refractivity contribution in [2.24, 2.45) is 0 Å². The number of nitrogens with one attached hydrogen (secondary N) is 1. The Balaban J connectivity index is 1.61. The van der Waals surface area contributed by atoms with E-state index in [9.17, 15) is 4.39 Å². The van der Waals surface area contributed by atoms with E-state index in [1.807, 2.05) is 36.4 Å². The lowest BCUT2D eigenvalue weighted by atomic mass is 10.0. The van der Waals surface area contributed by atoms with E-state index in [1.54, 1.807) is 18.3 Å². The molecule has 134 valence electrons. The van der Waals surface area contributed by atoms with Gasteiger partial charge in [-0.2, -0.15) is 0 Å². The summed E-state index contributed by atoms with van der Waals surface area (Å²) >= 11 is 0. The number of anilines is 1. The Kier molecular flexibility index (Phi) is 4.97. The van der Waals surface area contributed by atoms with E-state index < -0.39 is 0 Å². The van der Waals surface area contributed by atoms with Crippen LogP contribution in [0.4, 0.5) is 10.2 Å². The minimum atomic E-state index is -0.246. The number of halogens is 1. The summed E-state index contributed by atoms with van der Waals surface area (Å²) in [5.41, 5.74) is 1.99. The zero-order valence-electron chi connectivity index (χ0n) is 14.7. The topological polar surface area (TPSA) is 34.1 Å². The lowest BCUT2D eigenvalue weighted by molar-refractivity contribution is 0.303. The van der Waals surface area contributed by atoms with Crippen LogP contribution in [0.2, 0.25) is 0 Å². The molecule has 0 amide bonds. The van der Waals surface area contributed by atoms with Gasteiger partial charge in [-0.1, -0.05) is 48.5 Å². The van der Waals surface area contributed by atoms with E-state index in [4.69, 9.17) is 4.74 Å². The average molecular weight is 358 g/mol. The van der Waals surface area contributed by atoms with Crippen molar-refractivity contribution in [2.45, 2.75) is 13.2 Å². The Hall–Kier alpha value is -3.40. The van der Waals surface area contributed by atoms with Crippen LogP contribution in [0.5, 0.6) is 5.75 Å². The van der Waals surface area contributed by atoms with Gasteiger partial charge in [-0.25, -0.2) is 9.37 Å². The van der Waals surface area contributed by atoms with Gasteiger partial charge in [0, 0.05) is 18.3 Å². The Bertz CT molecular complexity index is 1030. The zero-order chi connectivity index (χ0) is 18.5. The molecular formula is C23H19FN2O. The van der Waals surface area contributed by atoms with Gasteiger partial charge in [0.2, 0.25) is 0 Å². The molecule has 0 fully saturated rings. The predicted molar refractivity (Wildman–Crippen MR) is 106 cm³/mol. The molecule has 0 saturated heterocycles. The molecule has 1 N–H and O–H groups in total. The summed E-state index contributed by atoms with van der Waals surface area (Å²) in [5.74, 6) is 1.38. The van der Waals surface area contributed by atoms with Gasteiger partial charge in [-0.15, -0.1) is 0 Å².